The maximum atomic E-state index is 14.0. The van der Waals surface area contributed by atoms with Crippen molar-refractivity contribution in [1.82, 2.24) is 10.2 Å². The number of halogens is 2. The van der Waals surface area contributed by atoms with E-state index in [4.69, 9.17) is 27.9 Å². The molecule has 0 aliphatic rings. The van der Waals surface area contributed by atoms with Crippen molar-refractivity contribution in [3.8, 4) is 5.75 Å². The Morgan fingerprint density at radius 3 is 2.12 bits per heavy atom. The quantitative estimate of drug-likeness (QED) is 0.328. The van der Waals surface area contributed by atoms with Gasteiger partial charge in [0, 0.05) is 12.1 Å². The summed E-state index contributed by atoms with van der Waals surface area (Å²) in [4.78, 5) is 28.5. The van der Waals surface area contributed by atoms with Crippen LogP contribution in [0.1, 0.15) is 33.3 Å². The molecule has 2 amide bonds. The van der Waals surface area contributed by atoms with Crippen molar-refractivity contribution < 1.29 is 22.7 Å². The molecule has 3 rings (SSSR count). The minimum absolute atomic E-state index is 0.00368. The topological polar surface area (TPSA) is 96.0 Å². The van der Waals surface area contributed by atoms with E-state index in [1.54, 1.807) is 67.6 Å². The molecule has 0 aliphatic carbocycles. The van der Waals surface area contributed by atoms with Gasteiger partial charge in [0.25, 0.3) is 10.0 Å². The van der Waals surface area contributed by atoms with Crippen LogP contribution in [-0.2, 0) is 26.2 Å². The molecule has 0 aromatic heterocycles. The normalized spacial score (nSPS) is 12.4. The summed E-state index contributed by atoms with van der Waals surface area (Å²) < 4.78 is 33.8. The molecule has 0 bridgehead atoms. The van der Waals surface area contributed by atoms with Gasteiger partial charge < -0.3 is 15.0 Å². The fourth-order valence-corrected chi connectivity index (χ4v) is 5.64. The largest absolute Gasteiger partial charge is 0.497 e. The lowest BCUT2D eigenvalue weighted by atomic mass is 10.1. The Kier molecular flexibility index (Phi) is 10.1. The van der Waals surface area contributed by atoms with E-state index in [1.165, 1.54) is 24.1 Å². The minimum atomic E-state index is -4.16. The highest BCUT2D eigenvalue weighted by atomic mass is 35.5. The number of sulfonamides is 1. The molecular formula is C29H33Cl2N3O5S. The lowest BCUT2D eigenvalue weighted by Gasteiger charge is -2.33. The molecule has 214 valence electrons. The van der Waals surface area contributed by atoms with Crippen molar-refractivity contribution in [3.63, 3.8) is 0 Å². The van der Waals surface area contributed by atoms with E-state index in [0.717, 1.165) is 4.31 Å². The van der Waals surface area contributed by atoms with E-state index in [1.807, 2.05) is 20.8 Å². The average Bonchev–Trinajstić information content (AvgIpc) is 2.91. The van der Waals surface area contributed by atoms with Crippen LogP contribution >= 0.6 is 23.2 Å². The average molecular weight is 607 g/mol. The summed E-state index contributed by atoms with van der Waals surface area (Å²) in [6, 6.07) is 18.2. The first-order valence-corrected chi connectivity index (χ1v) is 14.7. The van der Waals surface area contributed by atoms with Gasteiger partial charge in [-0.25, -0.2) is 8.42 Å². The Balaban J connectivity index is 2.04. The van der Waals surface area contributed by atoms with Crippen LogP contribution in [0.15, 0.2) is 77.7 Å². The highest BCUT2D eigenvalue weighted by Crippen LogP contribution is 2.27. The summed E-state index contributed by atoms with van der Waals surface area (Å²) >= 11 is 12.3. The highest BCUT2D eigenvalue weighted by Gasteiger charge is 2.33. The molecule has 1 N–H and O–H groups in total. The molecule has 3 aromatic rings. The van der Waals surface area contributed by atoms with Gasteiger partial charge in [0.15, 0.2) is 0 Å². The maximum Gasteiger partial charge on any atom is 0.264 e. The van der Waals surface area contributed by atoms with Crippen LogP contribution in [-0.4, -0.2) is 50.4 Å². The molecule has 1 atom stereocenters. The molecule has 0 spiro atoms. The van der Waals surface area contributed by atoms with Gasteiger partial charge in [-0.1, -0.05) is 47.5 Å². The van der Waals surface area contributed by atoms with E-state index in [9.17, 15) is 18.0 Å². The number of carbonyl (C=O) groups is 2. The smallest absolute Gasteiger partial charge is 0.264 e. The number of hydrogen-bond donors (Lipinski definition) is 1. The van der Waals surface area contributed by atoms with Crippen molar-refractivity contribution in [3.05, 3.63) is 88.4 Å². The molecule has 0 fully saturated rings. The van der Waals surface area contributed by atoms with Crippen LogP contribution < -0.4 is 14.4 Å². The SMILES string of the molecule is COc1ccc(N(CC(=O)N(Cc2ccc(Cl)c(Cl)c2)C(C)C(=O)NC(C)(C)C)S(=O)(=O)c2ccccc2)cc1. The molecule has 11 heteroatoms. The Bertz CT molecular complexity index is 1440. The van der Waals surface area contributed by atoms with Crippen LogP contribution in [0.25, 0.3) is 0 Å². The Morgan fingerprint density at radius 2 is 1.57 bits per heavy atom. The molecule has 0 radical (unpaired) electrons. The lowest BCUT2D eigenvalue weighted by molar-refractivity contribution is -0.140. The standard InChI is InChI=1S/C29H33Cl2N3O5S/c1-20(28(36)32-29(2,3)4)33(18-21-11-16-25(30)26(31)17-21)27(35)19-34(22-12-14-23(39-5)15-13-22)40(37,38)24-9-7-6-8-10-24/h6-17,20H,18-19H2,1-5H3,(H,32,36). The summed E-state index contributed by atoms with van der Waals surface area (Å²) in [6.45, 7) is 6.54. The zero-order chi connectivity index (χ0) is 29.7. The van der Waals surface area contributed by atoms with Crippen molar-refractivity contribution in [2.45, 2.75) is 50.7 Å². The number of hydrogen-bond acceptors (Lipinski definition) is 5. The zero-order valence-corrected chi connectivity index (χ0v) is 25.3. The number of ether oxygens (including phenoxy) is 1. The Hall–Kier alpha value is -3.27. The van der Waals surface area contributed by atoms with Crippen LogP contribution in [0, 0.1) is 0 Å². The predicted molar refractivity (Wildman–Crippen MR) is 158 cm³/mol. The van der Waals surface area contributed by atoms with Crippen LogP contribution in [0.4, 0.5) is 5.69 Å². The summed E-state index contributed by atoms with van der Waals surface area (Å²) in [5.41, 5.74) is 0.342. The van der Waals surface area contributed by atoms with Gasteiger partial charge in [-0.2, -0.15) is 0 Å². The molecule has 3 aromatic carbocycles. The van der Waals surface area contributed by atoms with Gasteiger partial charge in [0.2, 0.25) is 11.8 Å². The number of amides is 2. The Morgan fingerprint density at radius 1 is 0.950 bits per heavy atom. The first-order valence-electron chi connectivity index (χ1n) is 12.5. The summed E-state index contributed by atoms with van der Waals surface area (Å²) in [5.74, 6) is -0.443. The van der Waals surface area contributed by atoms with E-state index in [0.29, 0.717) is 21.4 Å². The van der Waals surface area contributed by atoms with Gasteiger partial charge in [0.1, 0.15) is 18.3 Å². The molecule has 1 unspecified atom stereocenters. The predicted octanol–water partition coefficient (Wildman–Crippen LogP) is 5.53. The molecule has 40 heavy (non-hydrogen) atoms. The fraction of sp³-hybridized carbons (Fsp3) is 0.310. The third kappa shape index (κ3) is 7.90. The second-order valence-corrected chi connectivity index (χ2v) is 12.9. The number of nitrogens with one attached hydrogen (secondary N) is 1. The molecule has 0 saturated carbocycles. The van der Waals surface area contributed by atoms with Gasteiger partial charge in [-0.05, 0) is 81.8 Å². The lowest BCUT2D eigenvalue weighted by Crippen LogP contribution is -2.54. The first-order chi connectivity index (χ1) is 18.7. The number of anilines is 1. The van der Waals surface area contributed by atoms with E-state index in [-0.39, 0.29) is 23.0 Å². The van der Waals surface area contributed by atoms with Gasteiger partial charge in [0.05, 0.1) is 27.7 Å². The third-order valence-corrected chi connectivity index (χ3v) is 8.50. The van der Waals surface area contributed by atoms with E-state index in [2.05, 4.69) is 5.32 Å². The van der Waals surface area contributed by atoms with Crippen molar-refractivity contribution in [2.75, 3.05) is 18.0 Å². The molecule has 8 nitrogen and oxygen atoms in total. The summed E-state index contributed by atoms with van der Waals surface area (Å²) in [5, 5.41) is 3.53. The van der Waals surface area contributed by atoms with Crippen molar-refractivity contribution in [1.29, 1.82) is 0 Å². The third-order valence-electron chi connectivity index (χ3n) is 5.97. The Labute approximate surface area is 245 Å². The molecule has 0 aliphatic heterocycles. The van der Waals surface area contributed by atoms with Gasteiger partial charge >= 0.3 is 0 Å². The number of methoxy groups -OCH3 is 1. The van der Waals surface area contributed by atoms with Crippen LogP contribution in [0.3, 0.4) is 0 Å². The number of benzene rings is 3. The van der Waals surface area contributed by atoms with Gasteiger partial charge in [-0.3, -0.25) is 13.9 Å². The number of rotatable bonds is 10. The minimum Gasteiger partial charge on any atom is -0.497 e. The number of carbonyl (C=O) groups excluding carboxylic acids is 2. The maximum absolute atomic E-state index is 14.0. The molecule has 0 saturated heterocycles. The first kappa shape index (κ1) is 31.3. The van der Waals surface area contributed by atoms with Crippen molar-refractivity contribution >= 4 is 50.7 Å². The highest BCUT2D eigenvalue weighted by molar-refractivity contribution is 7.92. The van der Waals surface area contributed by atoms with E-state index < -0.39 is 34.1 Å². The van der Waals surface area contributed by atoms with Crippen molar-refractivity contribution in [2.24, 2.45) is 0 Å². The van der Waals surface area contributed by atoms with E-state index >= 15 is 0 Å². The van der Waals surface area contributed by atoms with Crippen LogP contribution in [0.5, 0.6) is 5.75 Å². The van der Waals surface area contributed by atoms with Crippen LogP contribution in [0.2, 0.25) is 10.0 Å². The molecular weight excluding hydrogens is 573 g/mol. The number of nitrogens with zero attached hydrogens (tertiary/aromatic N) is 2. The summed E-state index contributed by atoms with van der Waals surface area (Å²) in [6.07, 6.45) is 0. The second-order valence-electron chi connectivity index (χ2n) is 10.2. The second kappa shape index (κ2) is 12.9. The zero-order valence-electron chi connectivity index (χ0n) is 23.0. The monoisotopic (exact) mass is 605 g/mol. The fourth-order valence-electron chi connectivity index (χ4n) is 3.89. The van der Waals surface area contributed by atoms with Gasteiger partial charge in [-0.15, -0.1) is 0 Å². The molecule has 0 heterocycles. The summed E-state index contributed by atoms with van der Waals surface area (Å²) in [7, 11) is -2.65.